The van der Waals surface area contributed by atoms with Crippen LogP contribution in [0, 0.1) is 0 Å². The van der Waals surface area contributed by atoms with Gasteiger partial charge < -0.3 is 29.5 Å². The van der Waals surface area contributed by atoms with Gasteiger partial charge in [-0.15, -0.1) is 0 Å². The fourth-order valence-corrected chi connectivity index (χ4v) is 11.6. The predicted octanol–water partition coefficient (Wildman–Crippen LogP) is 12.1. The summed E-state index contributed by atoms with van der Waals surface area (Å²) in [4.78, 5) is 44.0. The normalized spacial score (nSPS) is 24.1. The molecular formula is C69H144N10O4. The molecule has 83 heavy (non-hydrogen) atoms. The highest BCUT2D eigenvalue weighted by Crippen LogP contribution is 2.25. The number of carbonyl (C=O) groups excluding carboxylic acids is 2. The highest BCUT2D eigenvalue weighted by molar-refractivity contribution is 5.78. The number of nitrogens with one attached hydrogen (secondary N) is 1. The molecule has 2 atom stereocenters. The molecule has 8 heterocycles. The molecule has 1 N–H and O–H groups in total. The first kappa shape index (κ1) is 79.6. The number of piperazine rings is 2. The van der Waals surface area contributed by atoms with Crippen molar-refractivity contribution in [2.75, 3.05) is 138 Å². The zero-order valence-corrected chi connectivity index (χ0v) is 60.5. The minimum absolute atomic E-state index is 0.0253. The van der Waals surface area contributed by atoms with E-state index in [2.05, 4.69) is 227 Å². The molecule has 2 amide bonds. The van der Waals surface area contributed by atoms with Crippen molar-refractivity contribution in [1.82, 2.24) is 49.4 Å². The predicted molar refractivity (Wildman–Crippen MR) is 358 cm³/mol. The van der Waals surface area contributed by atoms with Crippen molar-refractivity contribution in [1.29, 1.82) is 0 Å². The van der Waals surface area contributed by atoms with E-state index in [1.54, 1.807) is 0 Å². The SMILES string of the molecule is CC(C)(C)N1CCCC1.CC(C)(C)N1CCCC1=O.CC(C)(C)N1CCCCC1.CC(C)(C)N1CCCCC1=O.CC(C)(C)N1CCNCC1.CC(C)(C)N1CCOCC1.CC1CN(C(C)(C)C)CC(C)O1.CN1CCN(C(C)(C)C)CC1. The van der Waals surface area contributed by atoms with E-state index >= 15 is 0 Å². The van der Waals surface area contributed by atoms with E-state index in [1.165, 1.54) is 104 Å². The van der Waals surface area contributed by atoms with Crippen molar-refractivity contribution in [2.45, 2.75) is 301 Å². The fourth-order valence-electron chi connectivity index (χ4n) is 11.6. The van der Waals surface area contributed by atoms with Crippen LogP contribution in [0.25, 0.3) is 0 Å². The number of hydrogen-bond donors (Lipinski definition) is 1. The third-order valence-electron chi connectivity index (χ3n) is 17.2. The van der Waals surface area contributed by atoms with Gasteiger partial charge in [0.15, 0.2) is 0 Å². The van der Waals surface area contributed by atoms with Crippen LogP contribution in [0.1, 0.15) is 244 Å². The Morgan fingerprint density at radius 2 is 0.639 bits per heavy atom. The summed E-state index contributed by atoms with van der Waals surface area (Å²) in [6.07, 6.45) is 12.6. The van der Waals surface area contributed by atoms with E-state index in [9.17, 15) is 9.59 Å². The molecule has 0 aromatic heterocycles. The van der Waals surface area contributed by atoms with Gasteiger partial charge in [0.25, 0.3) is 0 Å². The summed E-state index contributed by atoms with van der Waals surface area (Å²) in [5, 5.41) is 3.35. The molecule has 2 unspecified atom stereocenters. The molecule has 14 heteroatoms. The lowest BCUT2D eigenvalue weighted by atomic mass is 10.0. The number of rotatable bonds is 0. The molecule has 0 radical (unpaired) electrons. The molecule has 14 nitrogen and oxygen atoms in total. The van der Waals surface area contributed by atoms with E-state index in [0.29, 0.717) is 51.7 Å². The average molecular weight is 1180 g/mol. The largest absolute Gasteiger partial charge is 0.379 e. The molecule has 8 fully saturated rings. The lowest BCUT2D eigenvalue weighted by Crippen LogP contribution is -2.53. The van der Waals surface area contributed by atoms with Gasteiger partial charge in [0, 0.05) is 149 Å². The maximum Gasteiger partial charge on any atom is 0.223 e. The second-order valence-electron chi connectivity index (χ2n) is 33.0. The number of likely N-dealkylation sites (tertiary alicyclic amines) is 4. The summed E-state index contributed by atoms with van der Waals surface area (Å²) in [5.74, 6) is 0.635. The van der Waals surface area contributed by atoms with Gasteiger partial charge in [0.1, 0.15) is 0 Å². The maximum atomic E-state index is 11.4. The third kappa shape index (κ3) is 34.2. The van der Waals surface area contributed by atoms with Crippen LogP contribution in [0.3, 0.4) is 0 Å². The first-order chi connectivity index (χ1) is 37.8. The van der Waals surface area contributed by atoms with Crippen molar-refractivity contribution in [2.24, 2.45) is 0 Å². The van der Waals surface area contributed by atoms with Crippen LogP contribution in [0.4, 0.5) is 0 Å². The molecule has 494 valence electrons. The Labute approximate surface area is 516 Å². The van der Waals surface area contributed by atoms with E-state index in [-0.39, 0.29) is 16.6 Å². The lowest BCUT2D eigenvalue weighted by molar-refractivity contribution is -0.138. The van der Waals surface area contributed by atoms with Gasteiger partial charge in [0.2, 0.25) is 11.8 Å². The molecule has 8 saturated heterocycles. The van der Waals surface area contributed by atoms with Crippen LogP contribution < -0.4 is 5.32 Å². The van der Waals surface area contributed by atoms with Crippen molar-refractivity contribution < 1.29 is 19.1 Å². The third-order valence-corrected chi connectivity index (χ3v) is 17.2. The van der Waals surface area contributed by atoms with Gasteiger partial charge in [-0.3, -0.25) is 39.0 Å². The van der Waals surface area contributed by atoms with E-state index in [4.69, 9.17) is 9.47 Å². The highest BCUT2D eigenvalue weighted by atomic mass is 16.5. The first-order valence-corrected chi connectivity index (χ1v) is 33.6. The van der Waals surface area contributed by atoms with Crippen LogP contribution >= 0.6 is 0 Å². The van der Waals surface area contributed by atoms with Crippen LogP contribution in [-0.2, 0) is 19.1 Å². The summed E-state index contributed by atoms with van der Waals surface area (Å²) in [5.41, 5.74) is 2.21. The number of carbonyl (C=O) groups is 2. The summed E-state index contributed by atoms with van der Waals surface area (Å²) >= 11 is 0. The Bertz CT molecular complexity index is 1630. The minimum atomic E-state index is 0.0253. The number of amides is 2. The number of morpholine rings is 2. The van der Waals surface area contributed by atoms with Gasteiger partial charge in [-0.2, -0.15) is 0 Å². The Hall–Kier alpha value is -1.46. The number of nitrogens with zero attached hydrogens (tertiary/aromatic N) is 9. The molecule has 0 spiro atoms. The summed E-state index contributed by atoms with van der Waals surface area (Å²) in [7, 11) is 2.19. The van der Waals surface area contributed by atoms with Gasteiger partial charge in [-0.1, -0.05) is 6.42 Å². The smallest absolute Gasteiger partial charge is 0.223 e. The molecule has 8 aliphatic rings. The van der Waals surface area contributed by atoms with Gasteiger partial charge >= 0.3 is 0 Å². The summed E-state index contributed by atoms with van der Waals surface area (Å²) in [6, 6.07) is 0. The summed E-state index contributed by atoms with van der Waals surface area (Å²) in [6.45, 7) is 80.6. The number of ether oxygens (including phenoxy) is 2. The summed E-state index contributed by atoms with van der Waals surface area (Å²) < 4.78 is 10.9. The number of hydrogen-bond acceptors (Lipinski definition) is 12. The molecule has 0 aromatic rings. The zero-order chi connectivity index (χ0) is 63.8. The fraction of sp³-hybridized carbons (Fsp3) is 0.971. The zero-order valence-electron chi connectivity index (χ0n) is 60.5. The van der Waals surface area contributed by atoms with Crippen molar-refractivity contribution in [3.8, 4) is 0 Å². The average Bonchev–Trinajstić information content (AvgIpc) is 4.14. The van der Waals surface area contributed by atoms with Crippen LogP contribution in [0.2, 0.25) is 0 Å². The van der Waals surface area contributed by atoms with Crippen molar-refractivity contribution in [3.05, 3.63) is 0 Å². The van der Waals surface area contributed by atoms with Crippen molar-refractivity contribution in [3.63, 3.8) is 0 Å². The highest BCUT2D eigenvalue weighted by Gasteiger charge is 2.32. The Morgan fingerprint density at radius 3 is 0.928 bits per heavy atom. The monoisotopic (exact) mass is 1180 g/mol. The molecule has 8 aliphatic heterocycles. The quantitative estimate of drug-likeness (QED) is 0.250. The minimum Gasteiger partial charge on any atom is -0.379 e. The van der Waals surface area contributed by atoms with Crippen molar-refractivity contribution >= 4 is 11.8 Å². The molecule has 0 bridgehead atoms. The first-order valence-electron chi connectivity index (χ1n) is 33.6. The van der Waals surface area contributed by atoms with Gasteiger partial charge in [-0.25, -0.2) is 0 Å². The molecule has 0 saturated carbocycles. The second kappa shape index (κ2) is 36.3. The standard InChI is InChI=1S/C10H21NO.C9H20N2.C9H17NO.C9H19N.C8H18N2.C8H17NO.C8H15NO.C8H17N/c1-8-6-11(10(3,4)5)7-9(2)12-8;1-9(2,3)11-7-5-10(4)6-8-11;1-9(2,3)10-7-5-4-6-8(10)11;1-9(2,3)10-7-5-4-6-8-10;1-8(2,3)10-6-4-9-5-7-10;1-8(2,3)9-4-6-10-7-5-9;1-8(2,3)9-6-4-5-7(9)10;1-8(2,3)9-6-4-5-7-9/h8-9H,6-7H2,1-5H3;5-8H2,1-4H3;4-7H2,1-3H3;4-8H2,1-3H3;9H,4-7H2,1-3H3;4-7H2,1-3H3;4-6H2,1-3H3;4-7H2,1-3H3. The van der Waals surface area contributed by atoms with E-state index < -0.39 is 0 Å². The number of likely N-dealkylation sites (N-methyl/N-ethyl adjacent to an activating group) is 1. The van der Waals surface area contributed by atoms with Gasteiger partial charge in [-0.05, 0) is 258 Å². The maximum absolute atomic E-state index is 11.4. The second-order valence-corrected chi connectivity index (χ2v) is 33.0. The van der Waals surface area contributed by atoms with Crippen LogP contribution in [-0.4, -0.2) is 250 Å². The van der Waals surface area contributed by atoms with Crippen LogP contribution in [0.5, 0.6) is 0 Å². The molecule has 8 rings (SSSR count). The molecule has 0 aromatic carbocycles. The topological polar surface area (TPSA) is 93.8 Å². The Morgan fingerprint density at radius 1 is 0.337 bits per heavy atom. The Balaban J connectivity index is 0.000000475. The van der Waals surface area contributed by atoms with E-state index in [1.807, 2.05) is 9.80 Å². The van der Waals surface area contributed by atoms with Crippen LogP contribution in [0.15, 0.2) is 0 Å². The van der Waals surface area contributed by atoms with E-state index in [0.717, 1.165) is 91.3 Å². The lowest BCUT2D eigenvalue weighted by Gasteiger charge is -2.43. The van der Waals surface area contributed by atoms with Gasteiger partial charge in [0.05, 0.1) is 25.4 Å². The Kier molecular flexibility index (Phi) is 34.8. The number of piperidine rings is 2. The molecular weight excluding hydrogens is 1030 g/mol. The molecule has 0 aliphatic carbocycles.